The number of hydrogen-bond donors (Lipinski definition) is 1. The van der Waals surface area contributed by atoms with Gasteiger partial charge in [0, 0.05) is 17.8 Å². The van der Waals surface area contributed by atoms with Crippen LogP contribution in [0, 0.1) is 22.0 Å². The molecule has 0 amide bonds. The van der Waals surface area contributed by atoms with Gasteiger partial charge in [0.2, 0.25) is 0 Å². The van der Waals surface area contributed by atoms with E-state index in [0.717, 1.165) is 17.5 Å². The van der Waals surface area contributed by atoms with Crippen LogP contribution in [0.25, 0.3) is 0 Å². The summed E-state index contributed by atoms with van der Waals surface area (Å²) in [6.07, 6.45) is 3.63. The van der Waals surface area contributed by atoms with E-state index >= 15 is 0 Å². The fraction of sp³-hybridized carbons (Fsp3) is 0.571. The van der Waals surface area contributed by atoms with Gasteiger partial charge in [0.1, 0.15) is 0 Å². The maximum Gasteiger partial charge on any atom is 0.283 e. The maximum atomic E-state index is 10.8. The molecule has 1 aliphatic rings. The number of rotatable bonds is 3. The lowest BCUT2D eigenvalue weighted by Gasteiger charge is -2.32. The van der Waals surface area contributed by atoms with Crippen LogP contribution < -0.4 is 5.32 Å². The highest BCUT2D eigenvalue weighted by Crippen LogP contribution is 2.32. The van der Waals surface area contributed by atoms with E-state index in [0.29, 0.717) is 10.5 Å². The minimum Gasteiger partial charge on any atom is -0.382 e. The third-order valence-corrected chi connectivity index (χ3v) is 4.33. The van der Waals surface area contributed by atoms with E-state index in [4.69, 9.17) is 0 Å². The Hall–Kier alpha value is -1.10. The molecule has 0 saturated heterocycles. The van der Waals surface area contributed by atoms with Crippen molar-refractivity contribution in [3.63, 3.8) is 0 Å². The summed E-state index contributed by atoms with van der Waals surface area (Å²) in [7, 11) is 0. The lowest BCUT2D eigenvalue weighted by molar-refractivity contribution is -0.385. The summed E-state index contributed by atoms with van der Waals surface area (Å²) in [5.74, 6) is 1.48. The van der Waals surface area contributed by atoms with Crippen molar-refractivity contribution >= 4 is 27.3 Å². The van der Waals surface area contributed by atoms with Gasteiger partial charge in [-0.05, 0) is 59.2 Å². The van der Waals surface area contributed by atoms with Crippen LogP contribution in [0.15, 0.2) is 22.7 Å². The number of anilines is 1. The van der Waals surface area contributed by atoms with Crippen LogP contribution in [0.2, 0.25) is 0 Å². The van der Waals surface area contributed by atoms with E-state index < -0.39 is 0 Å². The number of nitrogens with zero attached hydrogens (tertiary/aromatic N) is 1. The highest BCUT2D eigenvalue weighted by molar-refractivity contribution is 9.10. The van der Waals surface area contributed by atoms with Gasteiger partial charge >= 0.3 is 0 Å². The molecule has 0 spiro atoms. The summed E-state index contributed by atoms with van der Waals surface area (Å²) < 4.78 is 0.527. The third-order valence-electron chi connectivity index (χ3n) is 3.69. The molecule has 104 valence electrons. The number of hydrogen-bond acceptors (Lipinski definition) is 3. The first-order valence-corrected chi connectivity index (χ1v) is 7.45. The van der Waals surface area contributed by atoms with Crippen molar-refractivity contribution in [2.24, 2.45) is 11.8 Å². The zero-order valence-corrected chi connectivity index (χ0v) is 12.8. The van der Waals surface area contributed by atoms with Gasteiger partial charge in [-0.15, -0.1) is 0 Å². The minimum atomic E-state index is -0.376. The Morgan fingerprint density at radius 3 is 2.42 bits per heavy atom. The lowest BCUT2D eigenvalue weighted by Crippen LogP contribution is -2.30. The molecule has 1 fully saturated rings. The Kier molecular flexibility index (Phi) is 4.45. The summed E-state index contributed by atoms with van der Waals surface area (Å²) in [6, 6.07) is 5.59. The van der Waals surface area contributed by atoms with Gasteiger partial charge in [0.25, 0.3) is 5.69 Å². The van der Waals surface area contributed by atoms with E-state index in [1.165, 1.54) is 19.3 Å². The van der Waals surface area contributed by atoms with E-state index in [9.17, 15) is 10.1 Å². The van der Waals surface area contributed by atoms with Gasteiger partial charge < -0.3 is 5.32 Å². The van der Waals surface area contributed by atoms with E-state index in [1.54, 1.807) is 18.2 Å². The third kappa shape index (κ3) is 3.69. The van der Waals surface area contributed by atoms with Crippen LogP contribution in [0.1, 0.15) is 33.1 Å². The molecule has 1 aliphatic carbocycles. The molecule has 4 nitrogen and oxygen atoms in total. The van der Waals surface area contributed by atoms with Crippen molar-refractivity contribution < 1.29 is 4.92 Å². The molecule has 1 aromatic carbocycles. The van der Waals surface area contributed by atoms with Crippen LogP contribution in [0.3, 0.4) is 0 Å². The number of nitrogens with one attached hydrogen (secondary N) is 1. The first kappa shape index (κ1) is 14.3. The van der Waals surface area contributed by atoms with Crippen LogP contribution >= 0.6 is 15.9 Å². The molecule has 1 N–H and O–H groups in total. The maximum absolute atomic E-state index is 10.8. The predicted molar refractivity (Wildman–Crippen MR) is 80.4 cm³/mol. The first-order valence-electron chi connectivity index (χ1n) is 6.66. The quantitative estimate of drug-likeness (QED) is 0.652. The molecule has 0 aliphatic heterocycles. The van der Waals surface area contributed by atoms with E-state index in [-0.39, 0.29) is 10.6 Å². The fourth-order valence-electron chi connectivity index (χ4n) is 3.05. The monoisotopic (exact) mass is 326 g/mol. The molecule has 2 atom stereocenters. The molecule has 0 radical (unpaired) electrons. The summed E-state index contributed by atoms with van der Waals surface area (Å²) in [4.78, 5) is 10.4. The molecule has 0 aromatic heterocycles. The van der Waals surface area contributed by atoms with Gasteiger partial charge in [0.15, 0.2) is 0 Å². The van der Waals surface area contributed by atoms with Crippen molar-refractivity contribution in [3.8, 4) is 0 Å². The Bertz CT molecular complexity index is 469. The number of halogens is 1. The van der Waals surface area contributed by atoms with E-state index in [1.807, 2.05) is 0 Å². The molecular formula is C14H19BrN2O2. The molecule has 0 heterocycles. The van der Waals surface area contributed by atoms with Crippen LogP contribution in [-0.4, -0.2) is 11.0 Å². The van der Waals surface area contributed by atoms with Crippen molar-refractivity contribution in [2.45, 2.75) is 39.2 Å². The number of nitro groups is 1. The predicted octanol–water partition coefficient (Wildman–Crippen LogP) is 4.59. The molecule has 5 heteroatoms. The number of benzene rings is 1. The Morgan fingerprint density at radius 2 is 1.89 bits per heavy atom. The topological polar surface area (TPSA) is 55.2 Å². The smallest absolute Gasteiger partial charge is 0.283 e. The molecule has 1 saturated carbocycles. The average Bonchev–Trinajstić information content (AvgIpc) is 2.26. The van der Waals surface area contributed by atoms with Gasteiger partial charge in [-0.1, -0.05) is 13.8 Å². The first-order chi connectivity index (χ1) is 8.95. The molecule has 0 bridgehead atoms. The highest BCUT2D eigenvalue weighted by Gasteiger charge is 2.24. The van der Waals surface area contributed by atoms with Crippen LogP contribution in [0.4, 0.5) is 11.4 Å². The summed E-state index contributed by atoms with van der Waals surface area (Å²) in [5.41, 5.74) is 1.06. The molecule has 2 rings (SSSR count). The second-order valence-electron chi connectivity index (χ2n) is 5.68. The van der Waals surface area contributed by atoms with Gasteiger partial charge in [0.05, 0.1) is 9.40 Å². The molecule has 19 heavy (non-hydrogen) atoms. The normalized spacial score (nSPS) is 27.0. The SMILES string of the molecule is CC1CC(C)CC(Nc2ccc([N+](=O)[O-])c(Br)c2)C1. The van der Waals surface area contributed by atoms with Crippen LogP contribution in [-0.2, 0) is 0 Å². The minimum absolute atomic E-state index is 0.107. The van der Waals surface area contributed by atoms with Gasteiger partial charge in [-0.3, -0.25) is 10.1 Å². The van der Waals surface area contributed by atoms with Gasteiger partial charge in [-0.25, -0.2) is 0 Å². The number of nitro benzene ring substituents is 1. The fourth-order valence-corrected chi connectivity index (χ4v) is 3.57. The standard InChI is InChI=1S/C14H19BrN2O2/c1-9-5-10(2)7-12(6-9)16-11-3-4-14(17(18)19)13(15)8-11/h3-4,8-10,12,16H,5-7H2,1-2H3. The summed E-state index contributed by atoms with van der Waals surface area (Å²) >= 11 is 3.25. The zero-order valence-electron chi connectivity index (χ0n) is 11.2. The van der Waals surface area contributed by atoms with Crippen LogP contribution in [0.5, 0.6) is 0 Å². The van der Waals surface area contributed by atoms with Crippen molar-refractivity contribution in [1.29, 1.82) is 0 Å². The highest BCUT2D eigenvalue weighted by atomic mass is 79.9. The van der Waals surface area contributed by atoms with Crippen molar-refractivity contribution in [2.75, 3.05) is 5.32 Å². The second-order valence-corrected chi connectivity index (χ2v) is 6.54. The average molecular weight is 327 g/mol. The Balaban J connectivity index is 2.07. The molecule has 2 unspecified atom stereocenters. The Labute approximate surface area is 121 Å². The lowest BCUT2D eigenvalue weighted by atomic mass is 9.80. The summed E-state index contributed by atoms with van der Waals surface area (Å²) in [6.45, 7) is 4.58. The van der Waals surface area contributed by atoms with Gasteiger partial charge in [-0.2, -0.15) is 0 Å². The van der Waals surface area contributed by atoms with Crippen molar-refractivity contribution in [1.82, 2.24) is 0 Å². The zero-order chi connectivity index (χ0) is 14.0. The van der Waals surface area contributed by atoms with Crippen molar-refractivity contribution in [3.05, 3.63) is 32.8 Å². The molecular weight excluding hydrogens is 308 g/mol. The summed E-state index contributed by atoms with van der Waals surface area (Å²) in [5, 5.41) is 14.3. The molecule has 1 aromatic rings. The Morgan fingerprint density at radius 1 is 1.26 bits per heavy atom. The largest absolute Gasteiger partial charge is 0.382 e. The van der Waals surface area contributed by atoms with E-state index in [2.05, 4.69) is 35.1 Å². The second kappa shape index (κ2) is 5.90.